The second-order valence-electron chi connectivity index (χ2n) is 10.9. The summed E-state index contributed by atoms with van der Waals surface area (Å²) in [6, 6.07) is 0. The lowest BCUT2D eigenvalue weighted by Crippen LogP contribution is -2.48. The van der Waals surface area contributed by atoms with E-state index in [0.717, 1.165) is 48.8 Å². The van der Waals surface area contributed by atoms with Crippen molar-refractivity contribution in [2.24, 2.45) is 35.0 Å². The van der Waals surface area contributed by atoms with Crippen molar-refractivity contribution < 1.29 is 19.5 Å². The van der Waals surface area contributed by atoms with E-state index in [2.05, 4.69) is 31.6 Å². The van der Waals surface area contributed by atoms with Gasteiger partial charge in [0, 0.05) is 10.3 Å². The van der Waals surface area contributed by atoms with Gasteiger partial charge in [0.1, 0.15) is 0 Å². The fourth-order valence-corrected chi connectivity index (χ4v) is 7.48. The molecule has 0 saturated heterocycles. The van der Waals surface area contributed by atoms with Crippen molar-refractivity contribution in [2.75, 3.05) is 0 Å². The van der Waals surface area contributed by atoms with Crippen LogP contribution in [0.1, 0.15) is 74.7 Å². The first-order valence-electron chi connectivity index (χ1n) is 11.6. The van der Waals surface area contributed by atoms with Crippen molar-refractivity contribution in [2.45, 2.75) is 66.7 Å². The third-order valence-corrected chi connectivity index (χ3v) is 8.98. The van der Waals surface area contributed by atoms with Crippen LogP contribution in [0, 0.1) is 35.0 Å². The maximum absolute atomic E-state index is 13.0. The molecule has 0 aromatic carbocycles. The van der Waals surface area contributed by atoms with E-state index in [1.54, 1.807) is 11.3 Å². The van der Waals surface area contributed by atoms with Gasteiger partial charge in [0.2, 0.25) is 5.91 Å². The van der Waals surface area contributed by atoms with E-state index in [1.165, 1.54) is 4.88 Å². The van der Waals surface area contributed by atoms with Crippen molar-refractivity contribution in [1.29, 1.82) is 0 Å². The molecule has 3 aliphatic rings. The lowest BCUT2D eigenvalue weighted by molar-refractivity contribution is -0.149. The predicted molar refractivity (Wildman–Crippen MR) is 124 cm³/mol. The number of nitrogens with one attached hydrogen (secondary N) is 2. The smallest absolute Gasteiger partial charge is 0.307 e. The van der Waals surface area contributed by atoms with E-state index in [-0.39, 0.29) is 23.2 Å². The molecule has 3 aliphatic carbocycles. The van der Waals surface area contributed by atoms with Crippen LogP contribution in [0.5, 0.6) is 0 Å². The van der Waals surface area contributed by atoms with E-state index in [1.807, 2.05) is 19.2 Å². The van der Waals surface area contributed by atoms with Crippen LogP contribution >= 0.6 is 11.3 Å². The van der Waals surface area contributed by atoms with E-state index in [4.69, 9.17) is 0 Å². The van der Waals surface area contributed by atoms with Crippen LogP contribution in [0.15, 0.2) is 16.5 Å². The zero-order valence-corrected chi connectivity index (χ0v) is 20.4. The summed E-state index contributed by atoms with van der Waals surface area (Å²) in [5.74, 6) is -2.53. The minimum atomic E-state index is -0.928. The number of hydrogen-bond donors (Lipinski definition) is 3. The number of fused-ring (bicyclic) bond motifs is 3. The predicted octanol–water partition coefficient (Wildman–Crippen LogP) is 4.35. The standard InChI is InChI=1S/C25H34N2O4S/c1-12(2)19-15-8-9-16(19)21(24(30)31)20(15)23(29)27-26-22(28)17-11-32-18-10-13(25(3,4)5)6-7-14(17)18/h11,13,15-16,20-21H,6-10H2,1-5H3,(H,26,28)(H,27,29)(H,30,31)/t13-,15+,16-,20+,21-/m0/s1. The number of carboxylic acid groups (broad SMARTS) is 1. The summed E-state index contributed by atoms with van der Waals surface area (Å²) >= 11 is 1.62. The molecule has 4 rings (SSSR count). The van der Waals surface area contributed by atoms with Gasteiger partial charge in [0.25, 0.3) is 5.91 Å². The maximum atomic E-state index is 13.0. The number of amides is 2. The van der Waals surface area contributed by atoms with E-state index in [0.29, 0.717) is 11.5 Å². The Balaban J connectivity index is 1.44. The molecule has 1 aromatic heterocycles. The van der Waals surface area contributed by atoms with Gasteiger partial charge >= 0.3 is 5.97 Å². The quantitative estimate of drug-likeness (QED) is 0.463. The van der Waals surface area contributed by atoms with Crippen LogP contribution in [-0.2, 0) is 22.4 Å². The van der Waals surface area contributed by atoms with E-state index in [9.17, 15) is 19.5 Å². The summed E-state index contributed by atoms with van der Waals surface area (Å²) in [6.45, 7) is 10.8. The lowest BCUT2D eigenvalue weighted by Gasteiger charge is -2.34. The summed E-state index contributed by atoms with van der Waals surface area (Å²) in [7, 11) is 0. The molecule has 2 fully saturated rings. The number of rotatable bonds is 3. The molecule has 5 atom stereocenters. The Morgan fingerprint density at radius 1 is 1.03 bits per heavy atom. The van der Waals surface area contributed by atoms with Crippen molar-refractivity contribution in [3.05, 3.63) is 32.5 Å². The molecule has 0 unspecified atom stereocenters. The molecule has 2 bridgehead atoms. The maximum Gasteiger partial charge on any atom is 0.307 e. The van der Waals surface area contributed by atoms with Crippen molar-refractivity contribution in [1.82, 2.24) is 10.9 Å². The Bertz CT molecular complexity index is 983. The zero-order chi connectivity index (χ0) is 23.4. The molecular formula is C25H34N2O4S. The molecule has 2 saturated carbocycles. The Morgan fingerprint density at radius 3 is 2.28 bits per heavy atom. The highest BCUT2D eigenvalue weighted by Crippen LogP contribution is 2.57. The van der Waals surface area contributed by atoms with Gasteiger partial charge in [0.15, 0.2) is 0 Å². The molecule has 174 valence electrons. The van der Waals surface area contributed by atoms with Gasteiger partial charge in [-0.05, 0) is 74.7 Å². The van der Waals surface area contributed by atoms with E-state index < -0.39 is 23.7 Å². The molecule has 0 radical (unpaired) electrons. The second-order valence-corrected chi connectivity index (χ2v) is 11.9. The SMILES string of the molecule is CC(C)=C1[C@H]2CC[C@@H]1[C@H](C(=O)O)[C@@H]2C(=O)NNC(=O)c1csc2c1CC[C@H](C(C)(C)C)C2. The molecule has 7 heteroatoms. The van der Waals surface area contributed by atoms with Gasteiger partial charge < -0.3 is 5.11 Å². The molecule has 32 heavy (non-hydrogen) atoms. The summed E-state index contributed by atoms with van der Waals surface area (Å²) in [5, 5.41) is 11.7. The highest BCUT2D eigenvalue weighted by molar-refractivity contribution is 7.10. The van der Waals surface area contributed by atoms with Crippen LogP contribution in [-0.4, -0.2) is 22.9 Å². The average molecular weight is 459 g/mol. The molecule has 0 spiro atoms. The zero-order valence-electron chi connectivity index (χ0n) is 19.6. The average Bonchev–Trinajstić information content (AvgIpc) is 3.41. The third-order valence-electron chi connectivity index (χ3n) is 7.93. The topological polar surface area (TPSA) is 95.5 Å². The van der Waals surface area contributed by atoms with Crippen molar-refractivity contribution >= 4 is 29.1 Å². The number of carbonyl (C=O) groups excluding carboxylic acids is 2. The number of thiophene rings is 1. The van der Waals surface area contributed by atoms with E-state index >= 15 is 0 Å². The Labute approximate surface area is 193 Å². The van der Waals surface area contributed by atoms with Crippen LogP contribution < -0.4 is 10.9 Å². The molecule has 6 nitrogen and oxygen atoms in total. The summed E-state index contributed by atoms with van der Waals surface area (Å²) < 4.78 is 0. The van der Waals surface area contributed by atoms with Crippen LogP contribution in [0.4, 0.5) is 0 Å². The highest BCUT2D eigenvalue weighted by atomic mass is 32.1. The van der Waals surface area contributed by atoms with Gasteiger partial charge in [-0.3, -0.25) is 25.2 Å². The molecular weight excluding hydrogens is 424 g/mol. The normalized spacial score (nSPS) is 28.9. The lowest BCUT2D eigenvalue weighted by atomic mass is 9.72. The first kappa shape index (κ1) is 23.0. The van der Waals surface area contributed by atoms with Crippen molar-refractivity contribution in [3.63, 3.8) is 0 Å². The molecule has 3 N–H and O–H groups in total. The van der Waals surface area contributed by atoms with Crippen LogP contribution in [0.25, 0.3) is 0 Å². The number of allylic oxidation sites excluding steroid dienone is 2. The third kappa shape index (κ3) is 3.89. The fraction of sp³-hybridized carbons (Fsp3) is 0.640. The Hall–Kier alpha value is -2.15. The van der Waals surface area contributed by atoms with Gasteiger partial charge in [-0.25, -0.2) is 0 Å². The largest absolute Gasteiger partial charge is 0.481 e. The minimum Gasteiger partial charge on any atom is -0.481 e. The summed E-state index contributed by atoms with van der Waals surface area (Å²) in [4.78, 5) is 39.1. The molecule has 2 amide bonds. The molecule has 1 heterocycles. The van der Waals surface area contributed by atoms with Crippen molar-refractivity contribution in [3.8, 4) is 0 Å². The van der Waals surface area contributed by atoms with Crippen LogP contribution in [0.3, 0.4) is 0 Å². The van der Waals surface area contributed by atoms with Gasteiger partial charge in [-0.2, -0.15) is 0 Å². The highest BCUT2D eigenvalue weighted by Gasteiger charge is 2.57. The number of hydrogen-bond acceptors (Lipinski definition) is 4. The number of hydrazine groups is 1. The second kappa shape index (κ2) is 8.32. The molecule has 0 aliphatic heterocycles. The number of carboxylic acids is 1. The Morgan fingerprint density at radius 2 is 1.69 bits per heavy atom. The first-order chi connectivity index (χ1) is 15.0. The number of carbonyl (C=O) groups is 3. The summed E-state index contributed by atoms with van der Waals surface area (Å²) in [5.41, 5.74) is 9.34. The molecule has 1 aromatic rings. The fourth-order valence-electron chi connectivity index (χ4n) is 6.32. The first-order valence-corrected chi connectivity index (χ1v) is 12.5. The van der Waals surface area contributed by atoms with Crippen LogP contribution in [0.2, 0.25) is 0 Å². The minimum absolute atomic E-state index is 0.0498. The van der Waals surface area contributed by atoms with Gasteiger partial charge in [-0.1, -0.05) is 31.9 Å². The monoisotopic (exact) mass is 458 g/mol. The van der Waals surface area contributed by atoms with Gasteiger partial charge in [0.05, 0.1) is 17.4 Å². The summed E-state index contributed by atoms with van der Waals surface area (Å²) in [6.07, 6.45) is 4.55. The number of aliphatic carboxylic acids is 1. The Kier molecular flexibility index (Phi) is 5.99. The van der Waals surface area contributed by atoms with Gasteiger partial charge in [-0.15, -0.1) is 11.3 Å².